The monoisotopic (exact) mass is 246 g/mol. The van der Waals surface area contributed by atoms with E-state index in [4.69, 9.17) is 5.73 Å². The van der Waals surface area contributed by atoms with E-state index in [-0.39, 0.29) is 6.17 Å². The van der Waals surface area contributed by atoms with Gasteiger partial charge in [0.1, 0.15) is 0 Å². The average Bonchev–Trinajstić information content (AvgIpc) is 2.30. The molecule has 3 heteroatoms. The molecule has 2 nitrogen and oxygen atoms in total. The van der Waals surface area contributed by atoms with Crippen molar-refractivity contribution in [2.75, 3.05) is 0 Å². The number of nitrogens with two attached hydrogens (primary N) is 1. The van der Waals surface area contributed by atoms with Crippen molar-refractivity contribution in [1.82, 2.24) is 4.57 Å². The lowest BCUT2D eigenvalue weighted by Crippen LogP contribution is -2.57. The van der Waals surface area contributed by atoms with Crippen LogP contribution in [0.25, 0.3) is 0 Å². The minimum atomic E-state index is -1.74. The first-order valence-corrected chi connectivity index (χ1v) is 8.49. The summed E-state index contributed by atoms with van der Waals surface area (Å²) in [7, 11) is -1.74. The van der Waals surface area contributed by atoms with Crippen LogP contribution in [-0.4, -0.2) is 19.0 Å². The van der Waals surface area contributed by atoms with Gasteiger partial charge in [0.2, 0.25) is 0 Å². The van der Waals surface area contributed by atoms with Gasteiger partial charge in [-0.1, -0.05) is 24.3 Å². The molecule has 0 fully saturated rings. The molecule has 0 bridgehead atoms. The quantitative estimate of drug-likeness (QED) is 0.552. The zero-order valence-corrected chi connectivity index (χ0v) is 11.4. The van der Waals surface area contributed by atoms with Crippen molar-refractivity contribution in [3.05, 3.63) is 62.4 Å². The Balaban J connectivity index is 3.04. The lowest BCUT2D eigenvalue weighted by molar-refractivity contribution is 0.470. The minimum Gasteiger partial charge on any atom is -0.385 e. The van der Waals surface area contributed by atoms with Gasteiger partial charge in [0.05, 0.1) is 6.17 Å². The van der Waals surface area contributed by atoms with Crippen LogP contribution in [0.15, 0.2) is 62.4 Å². The molecular weight excluding hydrogens is 224 g/mol. The predicted octanol–water partition coefficient (Wildman–Crippen LogP) is 3.16. The van der Waals surface area contributed by atoms with Crippen molar-refractivity contribution in [2.45, 2.75) is 24.3 Å². The van der Waals surface area contributed by atoms with Gasteiger partial charge in [-0.2, -0.15) is 0 Å². The lowest BCUT2D eigenvalue weighted by Gasteiger charge is -2.44. The summed E-state index contributed by atoms with van der Waals surface area (Å²) in [5.41, 5.74) is 6.18. The van der Waals surface area contributed by atoms with Crippen LogP contribution in [0.4, 0.5) is 0 Å². The minimum absolute atomic E-state index is 0.0356. The smallest absolute Gasteiger partial charge is 0.169 e. The highest BCUT2D eigenvalue weighted by Gasteiger charge is 2.37. The number of nitrogens with zero attached hydrogens (tertiary/aromatic N) is 1. The van der Waals surface area contributed by atoms with Gasteiger partial charge < -0.3 is 10.3 Å². The molecule has 0 spiro atoms. The summed E-state index contributed by atoms with van der Waals surface area (Å²) >= 11 is 0. The molecule has 1 atom stereocenters. The molecule has 0 saturated heterocycles. The third-order valence-corrected chi connectivity index (χ3v) is 7.80. The van der Waals surface area contributed by atoms with Gasteiger partial charge in [-0.25, -0.2) is 0 Å². The molecule has 2 N–H and O–H groups in total. The van der Waals surface area contributed by atoms with Gasteiger partial charge in [0, 0.05) is 0 Å². The maximum atomic E-state index is 6.18. The second-order valence-corrected chi connectivity index (χ2v) is 8.52. The lowest BCUT2D eigenvalue weighted by atomic mass is 10.3. The summed E-state index contributed by atoms with van der Waals surface area (Å²) < 4.78 is 2.32. The Labute approximate surface area is 106 Å². The fourth-order valence-electron chi connectivity index (χ4n) is 2.36. The zero-order valence-electron chi connectivity index (χ0n) is 10.4. The first-order chi connectivity index (χ1) is 8.20. The third-order valence-electron chi connectivity index (χ3n) is 3.11. The van der Waals surface area contributed by atoms with Crippen LogP contribution in [-0.2, 0) is 0 Å². The standard InChI is InChI=1S/C14H22N2Si/c1-4-11-17(12-5-2,13-6-3)16-10-8-7-9-14(16)15/h4-10,14H,1-3,11-13,15H2. The maximum Gasteiger partial charge on any atom is 0.169 e. The maximum absolute atomic E-state index is 6.18. The second kappa shape index (κ2) is 6.42. The molecule has 92 valence electrons. The fourth-order valence-corrected chi connectivity index (χ4v) is 6.22. The molecule has 1 aliphatic rings. The van der Waals surface area contributed by atoms with E-state index in [1.807, 2.05) is 36.5 Å². The van der Waals surface area contributed by atoms with Gasteiger partial charge in [0.15, 0.2) is 8.24 Å². The highest BCUT2D eigenvalue weighted by atomic mass is 28.3. The van der Waals surface area contributed by atoms with Crippen LogP contribution in [0.5, 0.6) is 0 Å². The number of rotatable bonds is 7. The van der Waals surface area contributed by atoms with Crippen molar-refractivity contribution in [3.63, 3.8) is 0 Å². The molecule has 1 heterocycles. The Kier molecular flexibility index (Phi) is 5.19. The van der Waals surface area contributed by atoms with Crippen molar-refractivity contribution >= 4 is 8.24 Å². The van der Waals surface area contributed by atoms with E-state index in [9.17, 15) is 0 Å². The molecule has 1 unspecified atom stereocenters. The number of hydrogen-bond acceptors (Lipinski definition) is 2. The summed E-state index contributed by atoms with van der Waals surface area (Å²) in [5.74, 6) is 0. The van der Waals surface area contributed by atoms with Gasteiger partial charge >= 0.3 is 0 Å². The topological polar surface area (TPSA) is 29.3 Å². The molecule has 0 aromatic carbocycles. The summed E-state index contributed by atoms with van der Waals surface area (Å²) in [6.45, 7) is 11.7. The third kappa shape index (κ3) is 3.08. The van der Waals surface area contributed by atoms with E-state index >= 15 is 0 Å². The molecule has 0 amide bonds. The molecular formula is C14H22N2Si. The van der Waals surface area contributed by atoms with E-state index in [0.717, 1.165) is 18.1 Å². The average molecular weight is 246 g/mol. The molecule has 0 aromatic heterocycles. The van der Waals surface area contributed by atoms with Gasteiger partial charge in [-0.05, 0) is 36.5 Å². The van der Waals surface area contributed by atoms with Gasteiger partial charge in [0.25, 0.3) is 0 Å². The zero-order chi connectivity index (χ0) is 12.7. The van der Waals surface area contributed by atoms with Crippen LogP contribution in [0, 0.1) is 0 Å². The van der Waals surface area contributed by atoms with Crippen LogP contribution in [0.1, 0.15) is 0 Å². The van der Waals surface area contributed by atoms with E-state index in [0.29, 0.717) is 0 Å². The van der Waals surface area contributed by atoms with Crippen molar-refractivity contribution in [3.8, 4) is 0 Å². The highest BCUT2D eigenvalue weighted by molar-refractivity contribution is 6.78. The van der Waals surface area contributed by atoms with Crippen LogP contribution in [0.2, 0.25) is 18.1 Å². The van der Waals surface area contributed by atoms with E-state index < -0.39 is 8.24 Å². The molecule has 0 aliphatic carbocycles. The Morgan fingerprint density at radius 1 is 1.06 bits per heavy atom. The summed E-state index contributed by atoms with van der Waals surface area (Å²) in [5, 5.41) is 0. The molecule has 0 saturated carbocycles. The van der Waals surface area contributed by atoms with Crippen LogP contribution >= 0.6 is 0 Å². The highest BCUT2D eigenvalue weighted by Crippen LogP contribution is 2.29. The fraction of sp³-hybridized carbons (Fsp3) is 0.286. The predicted molar refractivity (Wildman–Crippen MR) is 78.9 cm³/mol. The number of allylic oxidation sites excluding steroid dienone is 5. The second-order valence-electron chi connectivity index (χ2n) is 4.33. The molecule has 17 heavy (non-hydrogen) atoms. The Bertz CT molecular complexity index is 318. The van der Waals surface area contributed by atoms with Gasteiger partial charge in [-0.15, -0.1) is 19.7 Å². The number of hydrogen-bond donors (Lipinski definition) is 1. The Hall–Kier alpha value is -1.32. The van der Waals surface area contributed by atoms with Crippen molar-refractivity contribution in [1.29, 1.82) is 0 Å². The Morgan fingerprint density at radius 3 is 2.00 bits per heavy atom. The molecule has 1 rings (SSSR count). The van der Waals surface area contributed by atoms with Crippen molar-refractivity contribution in [2.24, 2.45) is 5.73 Å². The van der Waals surface area contributed by atoms with E-state index in [1.165, 1.54) is 0 Å². The van der Waals surface area contributed by atoms with Gasteiger partial charge in [-0.3, -0.25) is 0 Å². The van der Waals surface area contributed by atoms with Crippen molar-refractivity contribution < 1.29 is 0 Å². The van der Waals surface area contributed by atoms with Crippen LogP contribution < -0.4 is 5.73 Å². The Morgan fingerprint density at radius 2 is 1.59 bits per heavy atom. The normalized spacial score (nSPS) is 19.1. The summed E-state index contributed by atoms with van der Waals surface area (Å²) in [6.07, 6.45) is 14.1. The largest absolute Gasteiger partial charge is 0.385 e. The molecule has 0 radical (unpaired) electrons. The van der Waals surface area contributed by atoms with Crippen LogP contribution in [0.3, 0.4) is 0 Å². The first-order valence-electron chi connectivity index (χ1n) is 5.92. The molecule has 0 aromatic rings. The van der Waals surface area contributed by atoms with E-state index in [2.05, 4.69) is 30.5 Å². The van der Waals surface area contributed by atoms with E-state index in [1.54, 1.807) is 0 Å². The molecule has 1 aliphatic heterocycles. The summed E-state index contributed by atoms with van der Waals surface area (Å²) in [4.78, 5) is 0. The summed E-state index contributed by atoms with van der Waals surface area (Å²) in [6, 6.07) is 2.99. The SMILES string of the molecule is C=CC[Si](CC=C)(CC=C)N1C=CC=CC1N. The first kappa shape index (κ1) is 13.7.